The number of aromatic amines is 1. The van der Waals surface area contributed by atoms with Crippen molar-refractivity contribution in [2.45, 2.75) is 38.4 Å². The molecule has 0 aliphatic carbocycles. The fraction of sp³-hybridized carbons (Fsp3) is 0.500. The molecule has 0 radical (unpaired) electrons. The van der Waals surface area contributed by atoms with Crippen LogP contribution in [0.25, 0.3) is 11.3 Å². The van der Waals surface area contributed by atoms with Gasteiger partial charge >= 0.3 is 0 Å². The lowest BCUT2D eigenvalue weighted by molar-refractivity contribution is 0.199. The van der Waals surface area contributed by atoms with Crippen molar-refractivity contribution in [2.75, 3.05) is 19.6 Å². The Bertz CT molecular complexity index is 858. The molecule has 0 unspecified atom stereocenters. The fourth-order valence-corrected chi connectivity index (χ4v) is 4.74. The Labute approximate surface area is 156 Å². The van der Waals surface area contributed by atoms with Gasteiger partial charge < -0.3 is 9.88 Å². The summed E-state index contributed by atoms with van der Waals surface area (Å²) in [5, 5.41) is 24.0. The molecule has 8 heteroatoms. The maximum Gasteiger partial charge on any atom is 0.147 e. The molecule has 3 aromatic rings. The van der Waals surface area contributed by atoms with Gasteiger partial charge in [-0.05, 0) is 37.4 Å². The minimum atomic E-state index is 0.534. The van der Waals surface area contributed by atoms with Crippen LogP contribution in [0.4, 0.5) is 0 Å². The fourth-order valence-electron chi connectivity index (χ4n) is 4.09. The third-order valence-corrected chi connectivity index (χ3v) is 6.21. The zero-order valence-corrected chi connectivity index (χ0v) is 15.5. The van der Waals surface area contributed by atoms with E-state index in [0.29, 0.717) is 5.92 Å². The molecule has 2 N–H and O–H groups in total. The highest BCUT2D eigenvalue weighted by Gasteiger charge is 2.27. The lowest BCUT2D eigenvalue weighted by Gasteiger charge is -2.32. The molecule has 2 aliphatic rings. The first-order valence-electron chi connectivity index (χ1n) is 9.28. The maximum atomic E-state index is 4.51. The average Bonchev–Trinajstić information content (AvgIpc) is 3.43. The molecular weight excluding hydrogens is 346 g/mol. The van der Waals surface area contributed by atoms with Crippen LogP contribution >= 0.6 is 11.3 Å². The Morgan fingerprint density at radius 2 is 2.12 bits per heavy atom. The second kappa shape index (κ2) is 6.94. The molecule has 136 valence electrons. The third-order valence-electron chi connectivity index (χ3n) is 5.53. The van der Waals surface area contributed by atoms with Crippen LogP contribution in [0.15, 0.2) is 23.0 Å². The van der Waals surface area contributed by atoms with Crippen molar-refractivity contribution >= 4 is 11.3 Å². The molecule has 1 saturated heterocycles. The minimum absolute atomic E-state index is 0.534. The molecular formula is C18H23N7S. The molecule has 2 aliphatic heterocycles. The molecule has 1 fully saturated rings. The quantitative estimate of drug-likeness (QED) is 0.738. The van der Waals surface area contributed by atoms with E-state index in [1.807, 2.05) is 6.20 Å². The van der Waals surface area contributed by atoms with E-state index in [1.54, 1.807) is 11.3 Å². The van der Waals surface area contributed by atoms with E-state index >= 15 is 0 Å². The second-order valence-corrected chi connectivity index (χ2v) is 7.92. The summed E-state index contributed by atoms with van der Waals surface area (Å²) < 4.78 is 2.33. The van der Waals surface area contributed by atoms with Gasteiger partial charge in [0.15, 0.2) is 0 Å². The van der Waals surface area contributed by atoms with Crippen LogP contribution in [0.5, 0.6) is 0 Å². The van der Waals surface area contributed by atoms with Crippen LogP contribution < -0.4 is 5.32 Å². The number of fused-ring (bicyclic) bond motifs is 1. The van der Waals surface area contributed by atoms with Gasteiger partial charge in [0.2, 0.25) is 0 Å². The highest BCUT2D eigenvalue weighted by Crippen LogP contribution is 2.30. The van der Waals surface area contributed by atoms with E-state index in [0.717, 1.165) is 63.6 Å². The zero-order chi connectivity index (χ0) is 17.3. The first-order chi connectivity index (χ1) is 12.9. The maximum absolute atomic E-state index is 4.51. The van der Waals surface area contributed by atoms with Gasteiger partial charge in [-0.15, -0.1) is 10.2 Å². The van der Waals surface area contributed by atoms with Crippen LogP contribution in [0.1, 0.15) is 36.0 Å². The number of hydrogen-bond donors (Lipinski definition) is 2. The van der Waals surface area contributed by atoms with Gasteiger partial charge in [0, 0.05) is 42.1 Å². The molecule has 0 bridgehead atoms. The van der Waals surface area contributed by atoms with Crippen LogP contribution in [-0.4, -0.2) is 49.5 Å². The van der Waals surface area contributed by atoms with Crippen molar-refractivity contribution in [1.29, 1.82) is 0 Å². The molecule has 26 heavy (non-hydrogen) atoms. The van der Waals surface area contributed by atoms with E-state index in [9.17, 15) is 0 Å². The van der Waals surface area contributed by atoms with Gasteiger partial charge in [-0.2, -0.15) is 16.4 Å². The van der Waals surface area contributed by atoms with E-state index in [4.69, 9.17) is 0 Å². The number of likely N-dealkylation sites (tertiary alicyclic amines) is 1. The van der Waals surface area contributed by atoms with Crippen molar-refractivity contribution in [3.8, 4) is 11.3 Å². The van der Waals surface area contributed by atoms with Gasteiger partial charge in [0.25, 0.3) is 0 Å². The summed E-state index contributed by atoms with van der Waals surface area (Å²) in [7, 11) is 0. The van der Waals surface area contributed by atoms with Crippen molar-refractivity contribution in [2.24, 2.45) is 0 Å². The summed E-state index contributed by atoms with van der Waals surface area (Å²) in [5.41, 5.74) is 3.68. The molecule has 7 nitrogen and oxygen atoms in total. The Morgan fingerprint density at radius 1 is 1.19 bits per heavy atom. The van der Waals surface area contributed by atoms with Gasteiger partial charge in [-0.1, -0.05) is 0 Å². The number of nitrogens with one attached hydrogen (secondary N) is 2. The first-order valence-corrected chi connectivity index (χ1v) is 10.2. The van der Waals surface area contributed by atoms with Gasteiger partial charge in [-0.25, -0.2) is 0 Å². The highest BCUT2D eigenvalue weighted by atomic mass is 32.1. The van der Waals surface area contributed by atoms with E-state index in [-0.39, 0.29) is 0 Å². The molecule has 0 saturated carbocycles. The van der Waals surface area contributed by atoms with Crippen molar-refractivity contribution in [3.05, 3.63) is 40.2 Å². The summed E-state index contributed by atoms with van der Waals surface area (Å²) >= 11 is 1.72. The molecule has 5 rings (SSSR count). The first kappa shape index (κ1) is 16.2. The lowest BCUT2D eigenvalue weighted by atomic mass is 9.95. The largest absolute Gasteiger partial charge is 0.312 e. The Hall–Kier alpha value is -2.03. The second-order valence-electron chi connectivity index (χ2n) is 7.14. The van der Waals surface area contributed by atoms with Crippen LogP contribution in [0, 0.1) is 0 Å². The van der Waals surface area contributed by atoms with Gasteiger partial charge in [0.05, 0.1) is 18.4 Å². The number of piperidine rings is 1. The standard InChI is InChI=1S/C18H23N7S/c1-5-24(11-15-9-20-22-17(15)14-3-8-26-12-14)6-2-13(1)18-23-21-16-10-19-4-7-25(16)18/h3,8-9,12-13,19H,1-2,4-7,10-11H2,(H,20,22). The third kappa shape index (κ3) is 2.98. The Morgan fingerprint density at radius 3 is 2.96 bits per heavy atom. The Balaban J connectivity index is 1.24. The van der Waals surface area contributed by atoms with Crippen LogP contribution in [0.3, 0.4) is 0 Å². The smallest absolute Gasteiger partial charge is 0.147 e. The topological polar surface area (TPSA) is 74.7 Å². The van der Waals surface area contributed by atoms with Crippen molar-refractivity contribution < 1.29 is 0 Å². The molecule has 0 aromatic carbocycles. The predicted molar refractivity (Wildman–Crippen MR) is 101 cm³/mol. The summed E-state index contributed by atoms with van der Waals surface area (Å²) in [6.07, 6.45) is 4.27. The monoisotopic (exact) mass is 369 g/mol. The molecule has 0 amide bonds. The van der Waals surface area contributed by atoms with E-state index < -0.39 is 0 Å². The van der Waals surface area contributed by atoms with E-state index in [2.05, 4.69) is 52.0 Å². The summed E-state index contributed by atoms with van der Waals surface area (Å²) in [4.78, 5) is 2.53. The van der Waals surface area contributed by atoms with E-state index in [1.165, 1.54) is 17.0 Å². The van der Waals surface area contributed by atoms with Crippen LogP contribution in [-0.2, 0) is 19.6 Å². The predicted octanol–water partition coefficient (Wildman–Crippen LogP) is 2.21. The summed E-state index contributed by atoms with van der Waals surface area (Å²) in [5.74, 6) is 2.82. The number of rotatable bonds is 4. The van der Waals surface area contributed by atoms with Crippen molar-refractivity contribution in [3.63, 3.8) is 0 Å². The van der Waals surface area contributed by atoms with Crippen molar-refractivity contribution in [1.82, 2.24) is 35.2 Å². The Kier molecular flexibility index (Phi) is 4.32. The number of aromatic nitrogens is 5. The summed E-state index contributed by atoms with van der Waals surface area (Å²) in [6, 6.07) is 2.15. The number of H-pyrrole nitrogens is 1. The van der Waals surface area contributed by atoms with Crippen LogP contribution in [0.2, 0.25) is 0 Å². The number of nitrogens with zero attached hydrogens (tertiary/aromatic N) is 5. The van der Waals surface area contributed by atoms with Gasteiger partial charge in [-0.3, -0.25) is 10.00 Å². The molecule has 3 aromatic heterocycles. The SMILES string of the molecule is c1cc(-c2[nH]ncc2CN2CCC(c3nnc4n3CCNC4)CC2)cs1. The van der Waals surface area contributed by atoms with Gasteiger partial charge in [0.1, 0.15) is 11.6 Å². The molecule has 0 atom stereocenters. The minimum Gasteiger partial charge on any atom is -0.312 e. The highest BCUT2D eigenvalue weighted by molar-refractivity contribution is 7.08. The number of thiophene rings is 1. The summed E-state index contributed by atoms with van der Waals surface area (Å²) in [6.45, 7) is 6.01. The normalized spacial score (nSPS) is 18.9. The number of hydrogen-bond acceptors (Lipinski definition) is 6. The zero-order valence-electron chi connectivity index (χ0n) is 14.7. The average molecular weight is 369 g/mol. The lowest BCUT2D eigenvalue weighted by Crippen LogP contribution is -2.34. The molecule has 5 heterocycles. The molecule has 0 spiro atoms.